The highest BCUT2D eigenvalue weighted by Crippen LogP contribution is 2.39. The van der Waals surface area contributed by atoms with Gasteiger partial charge < -0.3 is 24.7 Å². The van der Waals surface area contributed by atoms with Gasteiger partial charge in [0.15, 0.2) is 11.5 Å². The maximum atomic E-state index is 6.17. The topological polar surface area (TPSA) is 105 Å². The Balaban J connectivity index is 1.76. The molecular weight excluding hydrogens is 348 g/mol. The van der Waals surface area contributed by atoms with Crippen molar-refractivity contribution in [1.82, 2.24) is 5.01 Å². The summed E-state index contributed by atoms with van der Waals surface area (Å²) in [5.74, 6) is 9.08. The van der Waals surface area contributed by atoms with Crippen LogP contribution in [0.1, 0.15) is 17.2 Å². The maximum Gasteiger partial charge on any atom is 0.231 e. The van der Waals surface area contributed by atoms with Gasteiger partial charge in [-0.1, -0.05) is 6.07 Å². The Kier molecular flexibility index (Phi) is 4.25. The molecule has 0 amide bonds. The molecule has 4 N–H and O–H groups in total. The molecule has 2 aromatic carbocycles. The van der Waals surface area contributed by atoms with Gasteiger partial charge in [0.25, 0.3) is 0 Å². The predicted octanol–water partition coefficient (Wildman–Crippen LogP) is 2.02. The van der Waals surface area contributed by atoms with Gasteiger partial charge in [0.05, 0.1) is 26.0 Å². The largest absolute Gasteiger partial charge is 0.497 e. The molecule has 27 heavy (non-hydrogen) atoms. The van der Waals surface area contributed by atoms with Gasteiger partial charge in [-0.25, -0.2) is 10.8 Å². The number of nitrogens with zero attached hydrogens (tertiary/aromatic N) is 2. The zero-order valence-corrected chi connectivity index (χ0v) is 15.0. The molecule has 0 fully saturated rings. The molecular formula is C19H20N4O4. The van der Waals surface area contributed by atoms with Crippen molar-refractivity contribution in [2.75, 3.05) is 21.0 Å². The van der Waals surface area contributed by atoms with Crippen molar-refractivity contribution in [1.29, 1.82) is 0 Å². The van der Waals surface area contributed by atoms with E-state index >= 15 is 0 Å². The minimum Gasteiger partial charge on any atom is -0.497 e. The zero-order chi connectivity index (χ0) is 19.0. The Morgan fingerprint density at radius 1 is 1.07 bits per heavy atom. The van der Waals surface area contributed by atoms with Gasteiger partial charge in [-0.3, -0.25) is 5.01 Å². The van der Waals surface area contributed by atoms with Gasteiger partial charge in [0.2, 0.25) is 12.8 Å². The minimum atomic E-state index is -0.321. The number of benzene rings is 2. The Morgan fingerprint density at radius 3 is 2.67 bits per heavy atom. The molecule has 0 aliphatic carbocycles. The van der Waals surface area contributed by atoms with Crippen molar-refractivity contribution < 1.29 is 18.9 Å². The van der Waals surface area contributed by atoms with Gasteiger partial charge in [-0.05, 0) is 35.9 Å². The quantitative estimate of drug-likeness (QED) is 0.796. The van der Waals surface area contributed by atoms with Crippen LogP contribution in [0.2, 0.25) is 0 Å². The molecule has 0 radical (unpaired) electrons. The number of methoxy groups -OCH3 is 2. The van der Waals surface area contributed by atoms with Crippen LogP contribution in [0.15, 0.2) is 47.5 Å². The van der Waals surface area contributed by atoms with Crippen molar-refractivity contribution in [3.05, 3.63) is 53.6 Å². The fourth-order valence-corrected chi connectivity index (χ4v) is 3.10. The van der Waals surface area contributed by atoms with E-state index < -0.39 is 0 Å². The zero-order valence-electron chi connectivity index (χ0n) is 15.0. The molecule has 1 atom stereocenters. The average Bonchev–Trinajstić information content (AvgIpc) is 3.17. The second kappa shape index (κ2) is 6.73. The van der Waals surface area contributed by atoms with Gasteiger partial charge in [0, 0.05) is 11.6 Å². The van der Waals surface area contributed by atoms with Crippen molar-refractivity contribution in [3.8, 4) is 23.0 Å². The molecule has 2 aromatic rings. The Labute approximate surface area is 156 Å². The number of fused-ring (bicyclic) bond motifs is 1. The molecule has 0 saturated heterocycles. The SMILES string of the molecule is COc1ccc(C2=CC(c3ccc4c(c3)OCO4)N(N)C(N)=N2)c(OC)c1. The summed E-state index contributed by atoms with van der Waals surface area (Å²) in [6.07, 6.45) is 1.93. The molecule has 4 rings (SSSR count). The van der Waals surface area contributed by atoms with Crippen LogP contribution in [0.4, 0.5) is 0 Å². The van der Waals surface area contributed by atoms with E-state index in [-0.39, 0.29) is 18.8 Å². The molecule has 2 aliphatic rings. The summed E-state index contributed by atoms with van der Waals surface area (Å²) in [6, 6.07) is 10.9. The van der Waals surface area contributed by atoms with Crippen LogP contribution in [0.5, 0.6) is 23.0 Å². The van der Waals surface area contributed by atoms with E-state index in [1.165, 1.54) is 5.01 Å². The van der Waals surface area contributed by atoms with Crippen LogP contribution in [0.3, 0.4) is 0 Å². The van der Waals surface area contributed by atoms with Gasteiger partial charge >= 0.3 is 0 Å². The first-order valence-electron chi connectivity index (χ1n) is 8.32. The first kappa shape index (κ1) is 17.0. The van der Waals surface area contributed by atoms with Crippen molar-refractivity contribution >= 4 is 11.7 Å². The summed E-state index contributed by atoms with van der Waals surface area (Å²) in [6.45, 7) is 0.212. The number of ether oxygens (including phenoxy) is 4. The highest BCUT2D eigenvalue weighted by molar-refractivity contribution is 5.89. The first-order valence-corrected chi connectivity index (χ1v) is 8.32. The highest BCUT2D eigenvalue weighted by Gasteiger charge is 2.26. The Bertz CT molecular complexity index is 941. The van der Waals surface area contributed by atoms with Gasteiger partial charge in [-0.2, -0.15) is 0 Å². The second-order valence-electron chi connectivity index (χ2n) is 6.05. The molecule has 0 aromatic heterocycles. The van der Waals surface area contributed by atoms with Crippen molar-refractivity contribution in [2.45, 2.75) is 6.04 Å². The normalized spacial score (nSPS) is 18.0. The molecule has 0 spiro atoms. The number of hydrogen-bond donors (Lipinski definition) is 2. The minimum absolute atomic E-state index is 0.202. The van der Waals surface area contributed by atoms with Crippen LogP contribution in [0, 0.1) is 0 Å². The summed E-state index contributed by atoms with van der Waals surface area (Å²) in [7, 11) is 3.20. The van der Waals surface area contributed by atoms with E-state index in [0.717, 1.165) is 11.1 Å². The van der Waals surface area contributed by atoms with Crippen molar-refractivity contribution in [2.24, 2.45) is 16.6 Å². The van der Waals surface area contributed by atoms with Crippen molar-refractivity contribution in [3.63, 3.8) is 0 Å². The predicted molar refractivity (Wildman–Crippen MR) is 100 cm³/mol. The Hall–Kier alpha value is -3.39. The van der Waals surface area contributed by atoms with E-state index in [0.29, 0.717) is 28.7 Å². The lowest BCUT2D eigenvalue weighted by molar-refractivity contribution is 0.174. The summed E-state index contributed by atoms with van der Waals surface area (Å²) in [5.41, 5.74) is 8.44. The second-order valence-corrected chi connectivity index (χ2v) is 6.05. The lowest BCUT2D eigenvalue weighted by Crippen LogP contribution is -2.46. The highest BCUT2D eigenvalue weighted by atomic mass is 16.7. The molecule has 0 saturated carbocycles. The monoisotopic (exact) mass is 368 g/mol. The fourth-order valence-electron chi connectivity index (χ4n) is 3.10. The number of rotatable bonds is 4. The molecule has 2 heterocycles. The summed E-state index contributed by atoms with van der Waals surface area (Å²) < 4.78 is 21.6. The molecule has 140 valence electrons. The lowest BCUT2D eigenvalue weighted by Gasteiger charge is -2.30. The van der Waals surface area contributed by atoms with Crippen LogP contribution < -0.4 is 30.5 Å². The van der Waals surface area contributed by atoms with Crippen LogP contribution in [-0.2, 0) is 0 Å². The van der Waals surface area contributed by atoms with Gasteiger partial charge in [-0.15, -0.1) is 0 Å². The Morgan fingerprint density at radius 2 is 1.89 bits per heavy atom. The number of nitrogens with two attached hydrogens (primary N) is 2. The first-order chi connectivity index (χ1) is 13.1. The van der Waals surface area contributed by atoms with E-state index in [2.05, 4.69) is 4.99 Å². The van der Waals surface area contributed by atoms with E-state index in [4.69, 9.17) is 30.5 Å². The van der Waals surface area contributed by atoms with Crippen LogP contribution in [0.25, 0.3) is 5.70 Å². The van der Waals surface area contributed by atoms with Crippen LogP contribution >= 0.6 is 0 Å². The number of guanidine groups is 1. The fraction of sp³-hybridized carbons (Fsp3) is 0.211. The van der Waals surface area contributed by atoms with E-state index in [1.807, 2.05) is 36.4 Å². The third kappa shape index (κ3) is 3.00. The third-order valence-electron chi connectivity index (χ3n) is 4.54. The molecule has 2 aliphatic heterocycles. The average molecular weight is 368 g/mol. The maximum absolute atomic E-state index is 6.17. The molecule has 8 heteroatoms. The lowest BCUT2D eigenvalue weighted by atomic mass is 10.0. The molecule has 1 unspecified atom stereocenters. The smallest absolute Gasteiger partial charge is 0.231 e. The molecule has 0 bridgehead atoms. The summed E-state index contributed by atoms with van der Waals surface area (Å²) in [5, 5.41) is 1.41. The van der Waals surface area contributed by atoms with Crippen LogP contribution in [-0.4, -0.2) is 32.0 Å². The standard InChI is InChI=1S/C19H20N4O4/c1-24-12-4-5-13(17(8-12)25-2)14-9-15(23(21)19(20)22-14)11-3-6-16-18(7-11)27-10-26-16/h3-9,15H,10,21H2,1-2H3,(H2,20,22). The number of hydrogen-bond acceptors (Lipinski definition) is 8. The van der Waals surface area contributed by atoms with E-state index in [1.54, 1.807) is 20.3 Å². The summed E-state index contributed by atoms with van der Waals surface area (Å²) >= 11 is 0. The number of aliphatic imine (C=N–C) groups is 1. The van der Waals surface area contributed by atoms with Gasteiger partial charge in [0.1, 0.15) is 11.5 Å². The third-order valence-corrected chi connectivity index (χ3v) is 4.54. The number of hydrazine groups is 1. The molecule has 8 nitrogen and oxygen atoms in total. The summed E-state index contributed by atoms with van der Waals surface area (Å²) in [4.78, 5) is 4.43. The van der Waals surface area contributed by atoms with E-state index in [9.17, 15) is 0 Å².